The molecule has 1 amide bonds. The summed E-state index contributed by atoms with van der Waals surface area (Å²) in [5.74, 6) is 0.278. The van der Waals surface area contributed by atoms with Crippen molar-refractivity contribution in [2.24, 2.45) is 0 Å². The Kier molecular flexibility index (Phi) is 6.87. The minimum absolute atomic E-state index is 0.278. The smallest absolute Gasteiger partial charge is 0.222 e. The Morgan fingerprint density at radius 1 is 1.14 bits per heavy atom. The number of hydrogen-bond acceptors (Lipinski definition) is 3. The van der Waals surface area contributed by atoms with Crippen molar-refractivity contribution >= 4 is 5.91 Å². The number of carbonyl (C=O) groups is 1. The van der Waals surface area contributed by atoms with Gasteiger partial charge in [-0.2, -0.15) is 0 Å². The van der Waals surface area contributed by atoms with Gasteiger partial charge in [-0.15, -0.1) is 0 Å². The molecule has 1 fully saturated rings. The third-order valence-corrected chi connectivity index (χ3v) is 4.31. The standard InChI is InChI=1S/C18H29N3O/c1-3-7-18(22)21(16-17-8-5-4-6-9-17)15-14-20-12-10-19(2)11-13-20/h4-6,8-9H,3,7,10-16H2,1-2H3. The summed E-state index contributed by atoms with van der Waals surface area (Å²) < 4.78 is 0. The number of piperazine rings is 1. The Balaban J connectivity index is 1.88. The van der Waals surface area contributed by atoms with Crippen molar-refractivity contribution in [3.63, 3.8) is 0 Å². The van der Waals surface area contributed by atoms with Crippen molar-refractivity contribution in [3.05, 3.63) is 35.9 Å². The molecule has 22 heavy (non-hydrogen) atoms. The van der Waals surface area contributed by atoms with Crippen LogP contribution in [0.2, 0.25) is 0 Å². The number of carbonyl (C=O) groups excluding carboxylic acids is 1. The van der Waals surface area contributed by atoms with Gasteiger partial charge in [-0.1, -0.05) is 37.3 Å². The maximum Gasteiger partial charge on any atom is 0.222 e. The molecule has 4 nitrogen and oxygen atoms in total. The van der Waals surface area contributed by atoms with Gasteiger partial charge in [0.25, 0.3) is 0 Å². The quantitative estimate of drug-likeness (QED) is 0.771. The van der Waals surface area contributed by atoms with Gasteiger partial charge in [-0.3, -0.25) is 9.69 Å². The van der Waals surface area contributed by atoms with Crippen LogP contribution >= 0.6 is 0 Å². The first kappa shape index (κ1) is 17.0. The summed E-state index contributed by atoms with van der Waals surface area (Å²) >= 11 is 0. The van der Waals surface area contributed by atoms with E-state index in [-0.39, 0.29) is 5.91 Å². The average molecular weight is 303 g/mol. The second-order valence-corrected chi connectivity index (χ2v) is 6.20. The first-order valence-electron chi connectivity index (χ1n) is 8.41. The molecule has 0 bridgehead atoms. The van der Waals surface area contributed by atoms with E-state index in [1.165, 1.54) is 5.56 Å². The lowest BCUT2D eigenvalue weighted by atomic mass is 10.2. The fourth-order valence-electron chi connectivity index (χ4n) is 2.80. The Morgan fingerprint density at radius 3 is 2.45 bits per heavy atom. The predicted molar refractivity (Wildman–Crippen MR) is 90.7 cm³/mol. The first-order chi connectivity index (χ1) is 10.7. The zero-order valence-electron chi connectivity index (χ0n) is 14.0. The zero-order valence-corrected chi connectivity index (χ0v) is 14.0. The molecule has 0 radical (unpaired) electrons. The van der Waals surface area contributed by atoms with Gasteiger partial charge in [0.1, 0.15) is 0 Å². The van der Waals surface area contributed by atoms with E-state index >= 15 is 0 Å². The average Bonchev–Trinajstić information content (AvgIpc) is 2.54. The molecule has 0 saturated carbocycles. The third kappa shape index (κ3) is 5.43. The number of nitrogens with zero attached hydrogens (tertiary/aromatic N) is 3. The lowest BCUT2D eigenvalue weighted by Gasteiger charge is -2.34. The van der Waals surface area contributed by atoms with Gasteiger partial charge in [0.2, 0.25) is 5.91 Å². The van der Waals surface area contributed by atoms with E-state index in [1.807, 2.05) is 23.1 Å². The zero-order chi connectivity index (χ0) is 15.8. The molecule has 1 aromatic rings. The minimum Gasteiger partial charge on any atom is -0.337 e. The van der Waals surface area contributed by atoms with Crippen LogP contribution in [0.3, 0.4) is 0 Å². The molecular weight excluding hydrogens is 274 g/mol. The molecule has 0 N–H and O–H groups in total. The summed E-state index contributed by atoms with van der Waals surface area (Å²) in [6, 6.07) is 10.3. The van der Waals surface area contributed by atoms with Gasteiger partial charge in [0.15, 0.2) is 0 Å². The Morgan fingerprint density at radius 2 is 1.82 bits per heavy atom. The Hall–Kier alpha value is -1.39. The van der Waals surface area contributed by atoms with Gasteiger partial charge < -0.3 is 9.80 Å². The van der Waals surface area contributed by atoms with Gasteiger partial charge >= 0.3 is 0 Å². The highest BCUT2D eigenvalue weighted by molar-refractivity contribution is 5.76. The van der Waals surface area contributed by atoms with E-state index in [9.17, 15) is 4.79 Å². The number of rotatable bonds is 7. The first-order valence-corrected chi connectivity index (χ1v) is 8.41. The molecule has 122 valence electrons. The summed E-state index contributed by atoms with van der Waals surface area (Å²) in [5.41, 5.74) is 1.21. The molecule has 4 heteroatoms. The largest absolute Gasteiger partial charge is 0.337 e. The molecule has 2 rings (SSSR count). The van der Waals surface area contributed by atoms with Gasteiger partial charge in [-0.25, -0.2) is 0 Å². The fraction of sp³-hybridized carbons (Fsp3) is 0.611. The monoisotopic (exact) mass is 303 g/mol. The maximum atomic E-state index is 12.4. The number of benzene rings is 1. The molecule has 0 atom stereocenters. The topological polar surface area (TPSA) is 26.8 Å². The van der Waals surface area contributed by atoms with Crippen LogP contribution in [0.4, 0.5) is 0 Å². The van der Waals surface area contributed by atoms with Crippen molar-refractivity contribution in [1.82, 2.24) is 14.7 Å². The second-order valence-electron chi connectivity index (χ2n) is 6.20. The number of hydrogen-bond donors (Lipinski definition) is 0. The number of amides is 1. The van der Waals surface area contributed by atoms with E-state index in [0.29, 0.717) is 6.42 Å². The fourth-order valence-corrected chi connectivity index (χ4v) is 2.80. The third-order valence-electron chi connectivity index (χ3n) is 4.31. The summed E-state index contributed by atoms with van der Waals surface area (Å²) in [6.07, 6.45) is 1.56. The van der Waals surface area contributed by atoms with Gasteiger partial charge in [-0.05, 0) is 19.0 Å². The second kappa shape index (κ2) is 8.91. The van der Waals surface area contributed by atoms with Gasteiger partial charge in [0, 0.05) is 52.2 Å². The Labute approximate surface area is 134 Å². The highest BCUT2D eigenvalue weighted by atomic mass is 16.2. The van der Waals surface area contributed by atoms with Crippen LogP contribution in [0.5, 0.6) is 0 Å². The summed E-state index contributed by atoms with van der Waals surface area (Å²) in [4.78, 5) is 19.2. The SMILES string of the molecule is CCCC(=O)N(CCN1CCN(C)CC1)Cc1ccccc1. The molecule has 1 aromatic carbocycles. The molecule has 1 aliphatic rings. The molecular formula is C18H29N3O. The minimum atomic E-state index is 0.278. The summed E-state index contributed by atoms with van der Waals surface area (Å²) in [7, 11) is 2.17. The van der Waals surface area contributed by atoms with E-state index in [0.717, 1.165) is 52.2 Å². The number of likely N-dealkylation sites (N-methyl/N-ethyl adjacent to an activating group) is 1. The van der Waals surface area contributed by atoms with Crippen LogP contribution in [0.25, 0.3) is 0 Å². The van der Waals surface area contributed by atoms with Crippen molar-refractivity contribution in [2.75, 3.05) is 46.3 Å². The summed E-state index contributed by atoms with van der Waals surface area (Å²) in [6.45, 7) is 9.08. The molecule has 1 aliphatic heterocycles. The van der Waals surface area contributed by atoms with Crippen LogP contribution in [0, 0.1) is 0 Å². The van der Waals surface area contributed by atoms with Crippen LogP contribution in [0.1, 0.15) is 25.3 Å². The normalized spacial score (nSPS) is 16.6. The highest BCUT2D eigenvalue weighted by Crippen LogP contribution is 2.08. The van der Waals surface area contributed by atoms with E-state index in [2.05, 4.69) is 35.9 Å². The van der Waals surface area contributed by atoms with Crippen LogP contribution in [-0.4, -0.2) is 66.9 Å². The lowest BCUT2D eigenvalue weighted by Crippen LogP contribution is -2.47. The molecule has 1 saturated heterocycles. The van der Waals surface area contributed by atoms with Gasteiger partial charge in [0.05, 0.1) is 0 Å². The van der Waals surface area contributed by atoms with Crippen molar-refractivity contribution in [3.8, 4) is 0 Å². The van der Waals surface area contributed by atoms with E-state index in [1.54, 1.807) is 0 Å². The summed E-state index contributed by atoms with van der Waals surface area (Å²) in [5, 5.41) is 0. The van der Waals surface area contributed by atoms with Crippen LogP contribution < -0.4 is 0 Å². The van der Waals surface area contributed by atoms with Crippen molar-refractivity contribution < 1.29 is 4.79 Å². The molecule has 0 aliphatic carbocycles. The van der Waals surface area contributed by atoms with Crippen molar-refractivity contribution in [2.45, 2.75) is 26.3 Å². The molecule has 0 spiro atoms. The van der Waals surface area contributed by atoms with E-state index < -0.39 is 0 Å². The predicted octanol–water partition coefficient (Wildman–Crippen LogP) is 2.06. The van der Waals surface area contributed by atoms with Crippen LogP contribution in [-0.2, 0) is 11.3 Å². The van der Waals surface area contributed by atoms with Crippen LogP contribution in [0.15, 0.2) is 30.3 Å². The Bertz CT molecular complexity index is 441. The van der Waals surface area contributed by atoms with E-state index in [4.69, 9.17) is 0 Å². The maximum absolute atomic E-state index is 12.4. The molecule has 0 aromatic heterocycles. The highest BCUT2D eigenvalue weighted by Gasteiger charge is 2.17. The van der Waals surface area contributed by atoms with Crippen molar-refractivity contribution in [1.29, 1.82) is 0 Å². The molecule has 1 heterocycles. The lowest BCUT2D eigenvalue weighted by molar-refractivity contribution is -0.132. The molecule has 0 unspecified atom stereocenters.